The first-order valence-corrected chi connectivity index (χ1v) is 10.0. The quantitative estimate of drug-likeness (QED) is 0.751. The zero-order valence-corrected chi connectivity index (χ0v) is 16.7. The van der Waals surface area contributed by atoms with Crippen molar-refractivity contribution >= 4 is 11.9 Å². The van der Waals surface area contributed by atoms with Crippen molar-refractivity contribution < 1.29 is 37.1 Å². The van der Waals surface area contributed by atoms with Gasteiger partial charge in [0.15, 0.2) is 0 Å². The molecule has 4 rings (SSSR count). The van der Waals surface area contributed by atoms with Gasteiger partial charge in [0.1, 0.15) is 11.9 Å². The highest BCUT2D eigenvalue weighted by atomic mass is 19.4. The van der Waals surface area contributed by atoms with Crippen LogP contribution in [0.5, 0.6) is 0 Å². The number of fused-ring (bicyclic) bond motifs is 1. The zero-order valence-electron chi connectivity index (χ0n) is 16.7. The van der Waals surface area contributed by atoms with Gasteiger partial charge in [0, 0.05) is 25.2 Å². The third-order valence-electron chi connectivity index (χ3n) is 5.68. The van der Waals surface area contributed by atoms with Gasteiger partial charge in [-0.2, -0.15) is 13.2 Å². The number of nitrogens with zero attached hydrogens (tertiary/aromatic N) is 2. The van der Waals surface area contributed by atoms with Gasteiger partial charge in [-0.25, -0.2) is 4.79 Å². The number of halogens is 3. The SMILES string of the molecule is Cc1cc(CN2CC[C@H]3C[C@H](C(=O)NC4CCC4)O[C@@H]3C2)no1.O=C(O)C(F)(F)F. The molecule has 0 bridgehead atoms. The Balaban J connectivity index is 0.000000318. The Morgan fingerprint density at radius 2 is 2.03 bits per heavy atom. The predicted octanol–water partition coefficient (Wildman–Crippen LogP) is 2.26. The summed E-state index contributed by atoms with van der Waals surface area (Å²) in [5.74, 6) is -1.29. The van der Waals surface area contributed by atoms with E-state index in [1.54, 1.807) is 0 Å². The van der Waals surface area contributed by atoms with Crippen LogP contribution in [0.3, 0.4) is 0 Å². The summed E-state index contributed by atoms with van der Waals surface area (Å²) in [5, 5.41) is 14.3. The lowest BCUT2D eigenvalue weighted by Crippen LogP contribution is -2.45. The number of hydrogen-bond acceptors (Lipinski definition) is 6. The van der Waals surface area contributed by atoms with Gasteiger partial charge in [0.25, 0.3) is 0 Å². The fourth-order valence-corrected chi connectivity index (χ4v) is 3.88. The fourth-order valence-electron chi connectivity index (χ4n) is 3.88. The van der Waals surface area contributed by atoms with E-state index in [2.05, 4.69) is 15.4 Å². The van der Waals surface area contributed by atoms with Crippen LogP contribution in [0.4, 0.5) is 13.2 Å². The molecule has 2 aliphatic heterocycles. The predicted molar refractivity (Wildman–Crippen MR) is 97.4 cm³/mol. The van der Waals surface area contributed by atoms with Gasteiger partial charge < -0.3 is 19.7 Å². The van der Waals surface area contributed by atoms with Crippen LogP contribution >= 0.6 is 0 Å². The Labute approximate surface area is 171 Å². The van der Waals surface area contributed by atoms with Crippen molar-refractivity contribution in [3.63, 3.8) is 0 Å². The van der Waals surface area contributed by atoms with Crippen molar-refractivity contribution in [1.29, 1.82) is 0 Å². The topological polar surface area (TPSA) is 105 Å². The molecule has 8 nitrogen and oxygen atoms in total. The minimum atomic E-state index is -5.08. The van der Waals surface area contributed by atoms with Gasteiger partial charge in [-0.15, -0.1) is 0 Å². The molecule has 1 aliphatic carbocycles. The molecule has 0 unspecified atom stereocenters. The van der Waals surface area contributed by atoms with Crippen LogP contribution in [0.1, 0.15) is 43.6 Å². The van der Waals surface area contributed by atoms with Crippen LogP contribution in [0.15, 0.2) is 10.6 Å². The number of hydrogen-bond donors (Lipinski definition) is 2. The van der Waals surface area contributed by atoms with E-state index in [4.69, 9.17) is 19.2 Å². The van der Waals surface area contributed by atoms with E-state index in [0.29, 0.717) is 12.0 Å². The number of piperidine rings is 1. The van der Waals surface area contributed by atoms with E-state index >= 15 is 0 Å². The lowest BCUT2D eigenvalue weighted by molar-refractivity contribution is -0.192. The largest absolute Gasteiger partial charge is 0.490 e. The molecule has 2 saturated heterocycles. The molecule has 1 saturated carbocycles. The number of carboxylic acids is 1. The molecule has 3 atom stereocenters. The Morgan fingerprint density at radius 3 is 2.57 bits per heavy atom. The number of rotatable bonds is 4. The summed E-state index contributed by atoms with van der Waals surface area (Å²) in [4.78, 5) is 23.5. The summed E-state index contributed by atoms with van der Waals surface area (Å²) < 4.78 is 42.9. The van der Waals surface area contributed by atoms with E-state index in [9.17, 15) is 18.0 Å². The maximum Gasteiger partial charge on any atom is 0.490 e. The van der Waals surface area contributed by atoms with Crippen molar-refractivity contribution in [3.05, 3.63) is 17.5 Å². The molecule has 1 amide bonds. The van der Waals surface area contributed by atoms with E-state index in [1.807, 2.05) is 13.0 Å². The summed E-state index contributed by atoms with van der Waals surface area (Å²) in [6.45, 7) is 4.62. The lowest BCUT2D eigenvalue weighted by atomic mass is 9.90. The van der Waals surface area contributed by atoms with E-state index in [1.165, 1.54) is 6.42 Å². The van der Waals surface area contributed by atoms with Crippen LogP contribution in [0.25, 0.3) is 0 Å². The molecule has 11 heteroatoms. The smallest absolute Gasteiger partial charge is 0.475 e. The summed E-state index contributed by atoms with van der Waals surface area (Å²) >= 11 is 0. The molecule has 3 heterocycles. The van der Waals surface area contributed by atoms with E-state index in [0.717, 1.165) is 56.8 Å². The number of aryl methyl sites for hydroxylation is 1. The van der Waals surface area contributed by atoms with Crippen LogP contribution in [0, 0.1) is 12.8 Å². The molecule has 1 aromatic heterocycles. The second-order valence-corrected chi connectivity index (χ2v) is 8.05. The number of carboxylic acid groups (broad SMARTS) is 1. The molecular formula is C19H26F3N3O5. The maximum absolute atomic E-state index is 12.3. The summed E-state index contributed by atoms with van der Waals surface area (Å²) in [6.07, 6.45) is 0.285. The third kappa shape index (κ3) is 5.94. The van der Waals surface area contributed by atoms with Crippen molar-refractivity contribution in [2.75, 3.05) is 13.1 Å². The minimum absolute atomic E-state index is 0.0998. The molecule has 3 aliphatic rings. The molecule has 0 radical (unpaired) electrons. The van der Waals surface area contributed by atoms with E-state index in [-0.39, 0.29) is 18.1 Å². The number of ether oxygens (including phenoxy) is 1. The van der Waals surface area contributed by atoms with Gasteiger partial charge in [-0.3, -0.25) is 9.69 Å². The van der Waals surface area contributed by atoms with Gasteiger partial charge in [0.2, 0.25) is 5.91 Å². The number of carbonyl (C=O) groups excluding carboxylic acids is 1. The Hall–Kier alpha value is -2.14. The van der Waals surface area contributed by atoms with Gasteiger partial charge >= 0.3 is 12.1 Å². The Bertz CT molecular complexity index is 750. The molecule has 2 N–H and O–H groups in total. The first kappa shape index (κ1) is 22.5. The second kappa shape index (κ2) is 9.34. The average Bonchev–Trinajstić information content (AvgIpc) is 3.23. The van der Waals surface area contributed by atoms with E-state index < -0.39 is 12.1 Å². The van der Waals surface area contributed by atoms with Crippen LogP contribution < -0.4 is 5.32 Å². The number of nitrogens with one attached hydrogen (secondary N) is 1. The van der Waals surface area contributed by atoms with Gasteiger partial charge in [0.05, 0.1) is 11.8 Å². The standard InChI is InChI=1S/C17H25N3O3.C2HF3O2/c1-11-7-14(19-23-11)9-20-6-5-12-8-15(22-16(12)10-20)17(21)18-13-3-2-4-13;3-2(4,5)1(6)7/h7,12-13,15-16H,2-6,8-10H2,1H3,(H,18,21);(H,6,7)/t12-,15+,16+;/m0./s1. The van der Waals surface area contributed by atoms with Crippen LogP contribution in [-0.4, -0.2) is 64.6 Å². The highest BCUT2D eigenvalue weighted by Crippen LogP contribution is 2.34. The molecule has 3 fully saturated rings. The first-order valence-electron chi connectivity index (χ1n) is 10.0. The van der Waals surface area contributed by atoms with Gasteiger partial charge in [-0.1, -0.05) is 5.16 Å². The molecule has 30 heavy (non-hydrogen) atoms. The number of aromatic nitrogens is 1. The van der Waals surface area contributed by atoms with Crippen molar-refractivity contribution in [2.45, 2.75) is 70.0 Å². The Morgan fingerprint density at radius 1 is 1.33 bits per heavy atom. The summed E-state index contributed by atoms with van der Waals surface area (Å²) in [6, 6.07) is 2.37. The number of aliphatic carboxylic acids is 1. The minimum Gasteiger partial charge on any atom is -0.475 e. The fraction of sp³-hybridized carbons (Fsp3) is 0.737. The summed E-state index contributed by atoms with van der Waals surface area (Å²) in [7, 11) is 0. The normalized spacial score (nSPS) is 26.9. The van der Waals surface area contributed by atoms with Crippen LogP contribution in [-0.2, 0) is 20.9 Å². The number of amides is 1. The number of carbonyl (C=O) groups is 2. The first-order chi connectivity index (χ1) is 14.1. The molecule has 1 aromatic rings. The Kier molecular flexibility index (Phi) is 7.02. The van der Waals surface area contributed by atoms with Crippen LogP contribution in [0.2, 0.25) is 0 Å². The molecule has 0 spiro atoms. The van der Waals surface area contributed by atoms with Gasteiger partial charge in [-0.05, 0) is 51.5 Å². The molecule has 0 aromatic carbocycles. The van der Waals surface area contributed by atoms with Crippen molar-refractivity contribution in [1.82, 2.24) is 15.4 Å². The lowest BCUT2D eigenvalue weighted by Gasteiger charge is -2.33. The number of alkyl halides is 3. The third-order valence-corrected chi connectivity index (χ3v) is 5.68. The van der Waals surface area contributed by atoms with Crippen molar-refractivity contribution in [2.24, 2.45) is 5.92 Å². The molecular weight excluding hydrogens is 407 g/mol. The highest BCUT2D eigenvalue weighted by molar-refractivity contribution is 5.81. The average molecular weight is 433 g/mol. The zero-order chi connectivity index (χ0) is 21.9. The highest BCUT2D eigenvalue weighted by Gasteiger charge is 2.42. The monoisotopic (exact) mass is 433 g/mol. The second-order valence-electron chi connectivity index (χ2n) is 8.05. The molecule has 168 valence electrons. The summed E-state index contributed by atoms with van der Waals surface area (Å²) in [5.41, 5.74) is 0.971. The number of likely N-dealkylation sites (tertiary alicyclic amines) is 1. The maximum atomic E-state index is 12.3. The van der Waals surface area contributed by atoms with Crippen molar-refractivity contribution in [3.8, 4) is 0 Å².